The molecule has 0 bridgehead atoms. The van der Waals surface area contributed by atoms with Gasteiger partial charge in [0.2, 0.25) is 5.91 Å². The number of nitrogens with one attached hydrogen (secondary N) is 2. The lowest BCUT2D eigenvalue weighted by Crippen LogP contribution is -2.46. The first-order valence-electron chi connectivity index (χ1n) is 7.51. The van der Waals surface area contributed by atoms with Gasteiger partial charge in [-0.1, -0.05) is 24.3 Å². The number of carbonyl (C=O) groups excluding carboxylic acids is 2. The molecule has 0 saturated heterocycles. The largest absolute Gasteiger partial charge is 0.347 e. The topological polar surface area (TPSA) is 58.2 Å². The Hall–Kier alpha value is -1.79. The van der Waals surface area contributed by atoms with Crippen LogP contribution in [0.4, 0.5) is 0 Å². The van der Waals surface area contributed by atoms with Crippen molar-refractivity contribution in [1.29, 1.82) is 0 Å². The molecule has 23 heavy (non-hydrogen) atoms. The van der Waals surface area contributed by atoms with Crippen LogP contribution in [0.1, 0.15) is 34.6 Å². The zero-order valence-corrected chi connectivity index (χ0v) is 14.4. The molecule has 2 amide bonds. The standard InChI is InChI=1S/C17H18N2O2S2/c1-11(18-17(21)15-7-4-9-22-15)16(20)19-13-8-10-23-14-6-3-2-5-12(13)14/h2-7,9,11,13H,8,10H2,1H3,(H,18,21)(H,19,20). The third-order valence-corrected chi connectivity index (χ3v) is 5.75. The van der Waals surface area contributed by atoms with E-state index < -0.39 is 6.04 Å². The fourth-order valence-corrected chi connectivity index (χ4v) is 4.28. The third-order valence-electron chi connectivity index (χ3n) is 3.76. The molecule has 1 aromatic carbocycles. The fourth-order valence-electron chi connectivity index (χ4n) is 2.53. The highest BCUT2D eigenvalue weighted by atomic mass is 32.2. The van der Waals surface area contributed by atoms with Crippen molar-refractivity contribution in [3.8, 4) is 0 Å². The molecule has 2 unspecified atom stereocenters. The third kappa shape index (κ3) is 3.76. The number of amides is 2. The van der Waals surface area contributed by atoms with Gasteiger partial charge in [-0.15, -0.1) is 23.1 Å². The summed E-state index contributed by atoms with van der Waals surface area (Å²) in [4.78, 5) is 26.3. The first-order chi connectivity index (χ1) is 11.1. The van der Waals surface area contributed by atoms with Crippen molar-refractivity contribution in [3.05, 3.63) is 52.2 Å². The minimum absolute atomic E-state index is 0.0149. The van der Waals surface area contributed by atoms with E-state index in [0.717, 1.165) is 17.7 Å². The molecular weight excluding hydrogens is 328 g/mol. The van der Waals surface area contributed by atoms with E-state index in [1.165, 1.54) is 16.2 Å². The Labute approximate surface area is 143 Å². The van der Waals surface area contributed by atoms with E-state index in [9.17, 15) is 9.59 Å². The number of hydrogen-bond donors (Lipinski definition) is 2. The van der Waals surface area contributed by atoms with Crippen LogP contribution in [0.5, 0.6) is 0 Å². The van der Waals surface area contributed by atoms with Gasteiger partial charge in [-0.05, 0) is 36.4 Å². The van der Waals surface area contributed by atoms with E-state index in [0.29, 0.717) is 4.88 Å². The maximum atomic E-state index is 12.4. The highest BCUT2D eigenvalue weighted by Crippen LogP contribution is 2.35. The molecule has 4 nitrogen and oxygen atoms in total. The molecule has 0 radical (unpaired) electrons. The Balaban J connectivity index is 1.62. The summed E-state index contributed by atoms with van der Waals surface area (Å²) in [6.45, 7) is 1.71. The molecule has 1 aliphatic heterocycles. The number of thioether (sulfide) groups is 1. The van der Waals surface area contributed by atoms with Gasteiger partial charge < -0.3 is 10.6 Å². The molecule has 2 heterocycles. The van der Waals surface area contributed by atoms with E-state index in [1.807, 2.05) is 35.3 Å². The van der Waals surface area contributed by atoms with Gasteiger partial charge in [-0.3, -0.25) is 9.59 Å². The summed E-state index contributed by atoms with van der Waals surface area (Å²) >= 11 is 3.18. The van der Waals surface area contributed by atoms with Crippen LogP contribution in [0, 0.1) is 0 Å². The van der Waals surface area contributed by atoms with Crippen LogP contribution in [0.2, 0.25) is 0 Å². The van der Waals surface area contributed by atoms with E-state index in [4.69, 9.17) is 0 Å². The molecule has 1 aromatic heterocycles. The maximum absolute atomic E-state index is 12.4. The summed E-state index contributed by atoms with van der Waals surface area (Å²) in [6.07, 6.45) is 0.902. The molecule has 0 saturated carbocycles. The summed E-state index contributed by atoms with van der Waals surface area (Å²) in [7, 11) is 0. The number of hydrogen-bond acceptors (Lipinski definition) is 4. The summed E-state index contributed by atoms with van der Waals surface area (Å²) < 4.78 is 0. The Bertz CT molecular complexity index is 700. The smallest absolute Gasteiger partial charge is 0.261 e. The highest BCUT2D eigenvalue weighted by Gasteiger charge is 2.24. The van der Waals surface area contributed by atoms with Crippen molar-refractivity contribution < 1.29 is 9.59 Å². The van der Waals surface area contributed by atoms with Crippen molar-refractivity contribution >= 4 is 34.9 Å². The number of benzene rings is 1. The summed E-state index contributed by atoms with van der Waals surface area (Å²) in [5.74, 6) is 0.626. The molecule has 120 valence electrons. The van der Waals surface area contributed by atoms with Crippen LogP contribution in [0.15, 0.2) is 46.7 Å². The summed E-state index contributed by atoms with van der Waals surface area (Å²) in [6, 6.07) is 11.2. The van der Waals surface area contributed by atoms with Crippen LogP contribution < -0.4 is 10.6 Å². The van der Waals surface area contributed by atoms with Gasteiger partial charge >= 0.3 is 0 Å². The average molecular weight is 346 g/mol. The lowest BCUT2D eigenvalue weighted by molar-refractivity contribution is -0.123. The fraction of sp³-hybridized carbons (Fsp3) is 0.294. The first-order valence-corrected chi connectivity index (χ1v) is 9.38. The van der Waals surface area contributed by atoms with E-state index in [-0.39, 0.29) is 17.9 Å². The van der Waals surface area contributed by atoms with Gasteiger partial charge in [0.25, 0.3) is 5.91 Å². The van der Waals surface area contributed by atoms with Crippen molar-refractivity contribution in [3.63, 3.8) is 0 Å². The van der Waals surface area contributed by atoms with E-state index >= 15 is 0 Å². The molecule has 0 spiro atoms. The van der Waals surface area contributed by atoms with Gasteiger partial charge in [0, 0.05) is 10.6 Å². The Morgan fingerprint density at radius 1 is 1.22 bits per heavy atom. The van der Waals surface area contributed by atoms with Crippen molar-refractivity contribution in [2.24, 2.45) is 0 Å². The minimum atomic E-state index is -0.564. The number of carbonyl (C=O) groups is 2. The quantitative estimate of drug-likeness (QED) is 0.894. The van der Waals surface area contributed by atoms with E-state index in [2.05, 4.69) is 22.8 Å². The Kier molecular flexibility index (Phi) is 5.03. The molecule has 1 aliphatic rings. The van der Waals surface area contributed by atoms with Crippen LogP contribution >= 0.6 is 23.1 Å². The van der Waals surface area contributed by atoms with Gasteiger partial charge in [0.1, 0.15) is 6.04 Å². The predicted molar refractivity (Wildman–Crippen MR) is 93.9 cm³/mol. The highest BCUT2D eigenvalue weighted by molar-refractivity contribution is 7.99. The van der Waals surface area contributed by atoms with Crippen LogP contribution in [0.25, 0.3) is 0 Å². The SMILES string of the molecule is CC(NC(=O)c1cccs1)C(=O)NC1CCSc2ccccc21. The second kappa shape index (κ2) is 7.19. The van der Waals surface area contributed by atoms with E-state index in [1.54, 1.807) is 13.0 Å². The molecule has 2 aromatic rings. The van der Waals surface area contributed by atoms with Crippen molar-refractivity contribution in [2.45, 2.75) is 30.3 Å². The predicted octanol–water partition coefficient (Wildman–Crippen LogP) is 3.22. The maximum Gasteiger partial charge on any atom is 0.261 e. The lowest BCUT2D eigenvalue weighted by atomic mass is 10.0. The molecule has 3 rings (SSSR count). The van der Waals surface area contributed by atoms with Gasteiger partial charge in [-0.25, -0.2) is 0 Å². The van der Waals surface area contributed by atoms with Crippen LogP contribution in [-0.4, -0.2) is 23.6 Å². The second-order valence-electron chi connectivity index (χ2n) is 5.41. The van der Waals surface area contributed by atoms with Crippen LogP contribution in [0.3, 0.4) is 0 Å². The molecule has 2 atom stereocenters. The second-order valence-corrected chi connectivity index (χ2v) is 7.49. The lowest BCUT2D eigenvalue weighted by Gasteiger charge is -2.27. The van der Waals surface area contributed by atoms with Crippen molar-refractivity contribution in [2.75, 3.05) is 5.75 Å². The van der Waals surface area contributed by atoms with Gasteiger partial charge in [0.05, 0.1) is 10.9 Å². The molecule has 2 N–H and O–H groups in total. The zero-order valence-electron chi connectivity index (χ0n) is 12.7. The van der Waals surface area contributed by atoms with Crippen LogP contribution in [-0.2, 0) is 4.79 Å². The normalized spacial score (nSPS) is 17.9. The Morgan fingerprint density at radius 2 is 2.04 bits per heavy atom. The van der Waals surface area contributed by atoms with Crippen molar-refractivity contribution in [1.82, 2.24) is 10.6 Å². The number of rotatable bonds is 4. The number of thiophene rings is 1. The number of fused-ring (bicyclic) bond motifs is 1. The first kappa shape index (κ1) is 16.1. The Morgan fingerprint density at radius 3 is 2.83 bits per heavy atom. The monoisotopic (exact) mass is 346 g/mol. The summed E-state index contributed by atoms with van der Waals surface area (Å²) in [5, 5.41) is 7.66. The van der Waals surface area contributed by atoms with Gasteiger partial charge in [0.15, 0.2) is 0 Å². The average Bonchev–Trinajstić information content (AvgIpc) is 3.09. The molecular formula is C17H18N2O2S2. The zero-order chi connectivity index (χ0) is 16.2. The molecule has 0 aliphatic carbocycles. The molecule has 0 fully saturated rings. The minimum Gasteiger partial charge on any atom is -0.347 e. The van der Waals surface area contributed by atoms with Gasteiger partial charge in [-0.2, -0.15) is 0 Å². The summed E-state index contributed by atoms with van der Waals surface area (Å²) in [5.41, 5.74) is 1.16. The molecule has 6 heteroatoms.